The molecule has 4 aromatic carbocycles. The second-order valence-electron chi connectivity index (χ2n) is 6.85. The molecule has 132 valence electrons. The second-order valence-corrected chi connectivity index (χ2v) is 6.85. The molecule has 0 bridgehead atoms. The van der Waals surface area contributed by atoms with Gasteiger partial charge in [-0.15, -0.1) is 0 Å². The Bertz CT molecular complexity index is 1180. The van der Waals surface area contributed by atoms with Gasteiger partial charge in [0.15, 0.2) is 11.6 Å². The molecule has 5 rings (SSSR count). The zero-order chi connectivity index (χ0) is 18.5. The summed E-state index contributed by atoms with van der Waals surface area (Å²) in [5.41, 5.74) is 5.20. The number of phenolic OH excluding ortho intramolecular Hbond substituents is 1. The average molecular weight is 356 g/mol. The first-order chi connectivity index (χ1) is 13.2. The predicted octanol–water partition coefficient (Wildman–Crippen LogP) is 5.85. The number of aromatic hydroxyl groups is 1. The highest BCUT2D eigenvalue weighted by atomic mass is 19.1. The van der Waals surface area contributed by atoms with E-state index in [9.17, 15) is 9.50 Å². The van der Waals surface area contributed by atoms with Gasteiger partial charge in [0.2, 0.25) is 0 Å². The van der Waals surface area contributed by atoms with E-state index in [0.29, 0.717) is 0 Å². The van der Waals surface area contributed by atoms with Gasteiger partial charge in [0.1, 0.15) is 5.75 Å². The second kappa shape index (κ2) is 5.85. The molecule has 0 aliphatic heterocycles. The molecule has 27 heavy (non-hydrogen) atoms. The van der Waals surface area contributed by atoms with Crippen LogP contribution in [0.15, 0.2) is 72.8 Å². The summed E-state index contributed by atoms with van der Waals surface area (Å²) >= 11 is 0. The van der Waals surface area contributed by atoms with Crippen LogP contribution in [-0.4, -0.2) is 12.2 Å². The largest absolute Gasteiger partial charge is 0.508 e. The van der Waals surface area contributed by atoms with Gasteiger partial charge in [-0.05, 0) is 62.9 Å². The lowest BCUT2D eigenvalue weighted by Gasteiger charge is -2.17. The van der Waals surface area contributed by atoms with Crippen LogP contribution in [-0.2, 0) is 0 Å². The van der Waals surface area contributed by atoms with Crippen LogP contribution in [0.2, 0.25) is 0 Å². The Morgan fingerprint density at radius 3 is 2.44 bits per heavy atom. The summed E-state index contributed by atoms with van der Waals surface area (Å²) in [6.45, 7) is 0. The Kier molecular flexibility index (Phi) is 3.44. The molecule has 0 saturated heterocycles. The van der Waals surface area contributed by atoms with E-state index in [-0.39, 0.29) is 23.2 Å². The van der Waals surface area contributed by atoms with E-state index in [0.717, 1.165) is 33.0 Å². The third-order valence-electron chi connectivity index (χ3n) is 5.41. The summed E-state index contributed by atoms with van der Waals surface area (Å²) in [5.74, 6) is 0.00878. The van der Waals surface area contributed by atoms with Crippen LogP contribution in [0.1, 0.15) is 22.6 Å². The molecule has 1 unspecified atom stereocenters. The molecule has 0 amide bonds. The van der Waals surface area contributed by atoms with Gasteiger partial charge < -0.3 is 9.84 Å². The minimum atomic E-state index is -0.364. The van der Waals surface area contributed by atoms with E-state index in [1.165, 1.54) is 12.7 Å². The van der Waals surface area contributed by atoms with E-state index in [1.54, 1.807) is 24.3 Å². The number of hydrogen-bond donors (Lipinski definition) is 1. The summed E-state index contributed by atoms with van der Waals surface area (Å²) in [6, 6.07) is 23.0. The molecule has 1 atom stereocenters. The van der Waals surface area contributed by atoms with Gasteiger partial charge in [-0.1, -0.05) is 48.5 Å². The number of ether oxygens (including phenoxy) is 1. The van der Waals surface area contributed by atoms with Crippen molar-refractivity contribution < 1.29 is 14.2 Å². The Balaban J connectivity index is 1.87. The summed E-state index contributed by atoms with van der Waals surface area (Å²) in [5, 5.41) is 12.0. The minimum Gasteiger partial charge on any atom is -0.508 e. The van der Waals surface area contributed by atoms with Crippen LogP contribution in [0, 0.1) is 5.82 Å². The molecule has 4 aromatic rings. The lowest BCUT2D eigenvalue weighted by atomic mass is 9.86. The lowest BCUT2D eigenvalue weighted by Crippen LogP contribution is -2.01. The van der Waals surface area contributed by atoms with E-state index >= 15 is 0 Å². The zero-order valence-corrected chi connectivity index (χ0v) is 14.7. The lowest BCUT2D eigenvalue weighted by molar-refractivity contribution is 0.386. The molecule has 1 aliphatic rings. The fourth-order valence-corrected chi connectivity index (χ4v) is 4.21. The number of fused-ring (bicyclic) bond motifs is 5. The predicted molar refractivity (Wildman–Crippen MR) is 105 cm³/mol. The third kappa shape index (κ3) is 2.32. The van der Waals surface area contributed by atoms with Crippen molar-refractivity contribution in [3.05, 3.63) is 95.3 Å². The Morgan fingerprint density at radius 2 is 1.67 bits per heavy atom. The standard InChI is InChI=1S/C24H17FO2/c1-27-22-13-19-18-11-8-14-4-2-3-5-17(14)24(18)23(20(19)12-21(22)25)15-6-9-16(26)10-7-15/h2-13,23,26H,1H3. The van der Waals surface area contributed by atoms with Crippen molar-refractivity contribution >= 4 is 10.8 Å². The van der Waals surface area contributed by atoms with Crippen molar-refractivity contribution in [2.45, 2.75) is 5.92 Å². The first-order valence-electron chi connectivity index (χ1n) is 8.86. The summed E-state index contributed by atoms with van der Waals surface area (Å²) in [6.07, 6.45) is 0. The first-order valence-corrected chi connectivity index (χ1v) is 8.86. The average Bonchev–Trinajstić information content (AvgIpc) is 3.01. The molecule has 2 nitrogen and oxygen atoms in total. The number of phenols is 1. The number of halogens is 1. The van der Waals surface area contributed by atoms with Crippen LogP contribution < -0.4 is 4.74 Å². The number of hydrogen-bond acceptors (Lipinski definition) is 2. The van der Waals surface area contributed by atoms with Crippen LogP contribution >= 0.6 is 0 Å². The number of rotatable bonds is 2. The van der Waals surface area contributed by atoms with Gasteiger partial charge in [-0.3, -0.25) is 0 Å². The Labute approximate surface area is 156 Å². The topological polar surface area (TPSA) is 29.5 Å². The number of methoxy groups -OCH3 is 1. The van der Waals surface area contributed by atoms with E-state index in [4.69, 9.17) is 4.74 Å². The van der Waals surface area contributed by atoms with Crippen molar-refractivity contribution in [1.82, 2.24) is 0 Å². The molecule has 0 heterocycles. The van der Waals surface area contributed by atoms with Gasteiger partial charge in [0.05, 0.1) is 7.11 Å². The minimum absolute atomic E-state index is 0.0953. The molecule has 1 N–H and O–H groups in total. The normalized spacial score (nSPS) is 14.8. The van der Waals surface area contributed by atoms with E-state index < -0.39 is 0 Å². The molecule has 0 aromatic heterocycles. The maximum absolute atomic E-state index is 14.6. The molecule has 0 spiro atoms. The van der Waals surface area contributed by atoms with Crippen molar-refractivity contribution in [3.63, 3.8) is 0 Å². The molecule has 0 fully saturated rings. The van der Waals surface area contributed by atoms with Crippen LogP contribution in [0.25, 0.3) is 21.9 Å². The molecule has 0 radical (unpaired) electrons. The highest BCUT2D eigenvalue weighted by molar-refractivity contribution is 5.97. The third-order valence-corrected chi connectivity index (χ3v) is 5.41. The van der Waals surface area contributed by atoms with Gasteiger partial charge in [0.25, 0.3) is 0 Å². The first kappa shape index (κ1) is 15.9. The molecule has 1 aliphatic carbocycles. The monoisotopic (exact) mass is 356 g/mol. The van der Waals surface area contributed by atoms with Crippen LogP contribution in [0.3, 0.4) is 0 Å². The van der Waals surface area contributed by atoms with Gasteiger partial charge >= 0.3 is 0 Å². The zero-order valence-electron chi connectivity index (χ0n) is 14.7. The summed E-state index contributed by atoms with van der Waals surface area (Å²) < 4.78 is 19.8. The van der Waals surface area contributed by atoms with Crippen molar-refractivity contribution in [1.29, 1.82) is 0 Å². The van der Waals surface area contributed by atoms with Crippen molar-refractivity contribution in [2.24, 2.45) is 0 Å². The van der Waals surface area contributed by atoms with Crippen molar-refractivity contribution in [2.75, 3.05) is 7.11 Å². The molecular formula is C24H17FO2. The smallest absolute Gasteiger partial charge is 0.165 e. The quantitative estimate of drug-likeness (QED) is 0.430. The van der Waals surface area contributed by atoms with Crippen LogP contribution in [0.4, 0.5) is 4.39 Å². The summed E-state index contributed by atoms with van der Waals surface area (Å²) in [4.78, 5) is 0. The van der Waals surface area contributed by atoms with Crippen LogP contribution in [0.5, 0.6) is 11.5 Å². The SMILES string of the molecule is COc1cc2c(cc1F)C(c1ccc(O)cc1)c1c-2ccc2ccccc12. The van der Waals surface area contributed by atoms with Gasteiger partial charge in [-0.2, -0.15) is 0 Å². The van der Waals surface area contributed by atoms with E-state index in [1.807, 2.05) is 24.3 Å². The van der Waals surface area contributed by atoms with Gasteiger partial charge in [0, 0.05) is 5.92 Å². The Hall–Kier alpha value is -3.33. The summed E-state index contributed by atoms with van der Waals surface area (Å²) in [7, 11) is 1.48. The Morgan fingerprint density at radius 1 is 0.889 bits per heavy atom. The molecule has 3 heteroatoms. The molecular weight excluding hydrogens is 339 g/mol. The maximum Gasteiger partial charge on any atom is 0.165 e. The maximum atomic E-state index is 14.6. The highest BCUT2D eigenvalue weighted by Crippen LogP contribution is 2.52. The van der Waals surface area contributed by atoms with Gasteiger partial charge in [-0.25, -0.2) is 4.39 Å². The fraction of sp³-hybridized carbons (Fsp3) is 0.0833. The molecule has 0 saturated carbocycles. The fourth-order valence-electron chi connectivity index (χ4n) is 4.21. The van der Waals surface area contributed by atoms with E-state index in [2.05, 4.69) is 24.3 Å². The highest BCUT2D eigenvalue weighted by Gasteiger charge is 2.33. The van der Waals surface area contributed by atoms with Crippen molar-refractivity contribution in [3.8, 4) is 22.6 Å². The number of benzene rings is 4.